The van der Waals surface area contributed by atoms with Crippen LogP contribution in [-0.2, 0) is 6.54 Å². The van der Waals surface area contributed by atoms with Gasteiger partial charge in [0.15, 0.2) is 11.2 Å². The third-order valence-corrected chi connectivity index (χ3v) is 5.98. The molecule has 2 aromatic carbocycles. The number of hydrogen-bond acceptors (Lipinski definition) is 9. The second kappa shape index (κ2) is 8.19. The number of fused-ring (bicyclic) bond motifs is 3. The highest BCUT2D eigenvalue weighted by Gasteiger charge is 2.20. The molecule has 180 valence electrons. The van der Waals surface area contributed by atoms with Crippen molar-refractivity contribution in [3.05, 3.63) is 60.0 Å². The van der Waals surface area contributed by atoms with Gasteiger partial charge in [-0.3, -0.25) is 0 Å². The second-order valence-electron chi connectivity index (χ2n) is 8.96. The van der Waals surface area contributed by atoms with Crippen LogP contribution in [0.1, 0.15) is 25.1 Å². The molecule has 4 heterocycles. The number of benzene rings is 2. The molecule has 0 fully saturated rings. The van der Waals surface area contributed by atoms with E-state index in [0.717, 1.165) is 27.6 Å². The van der Waals surface area contributed by atoms with Crippen LogP contribution in [0.5, 0.6) is 5.88 Å². The van der Waals surface area contributed by atoms with Crippen LogP contribution >= 0.6 is 0 Å². The Morgan fingerprint density at radius 3 is 2.72 bits per heavy atom. The second-order valence-corrected chi connectivity index (χ2v) is 8.96. The lowest BCUT2D eigenvalue weighted by molar-refractivity contribution is 0.235. The Bertz CT molecular complexity index is 1770. The number of rotatable bonds is 5. The van der Waals surface area contributed by atoms with Gasteiger partial charge in [-0.15, -0.1) is 0 Å². The van der Waals surface area contributed by atoms with Crippen molar-refractivity contribution < 1.29 is 9.15 Å². The fourth-order valence-electron chi connectivity index (χ4n) is 4.48. The minimum absolute atomic E-state index is 0.0132. The summed E-state index contributed by atoms with van der Waals surface area (Å²) in [6.07, 6.45) is 1.42. The van der Waals surface area contributed by atoms with Gasteiger partial charge in [-0.05, 0) is 56.0 Å². The molecule has 0 saturated carbocycles. The van der Waals surface area contributed by atoms with E-state index < -0.39 is 0 Å². The molecular formula is C26H24N8O2. The Labute approximate surface area is 205 Å². The lowest BCUT2D eigenvalue weighted by Gasteiger charge is -2.15. The molecule has 0 aliphatic carbocycles. The van der Waals surface area contributed by atoms with Gasteiger partial charge >= 0.3 is 0 Å². The van der Waals surface area contributed by atoms with E-state index in [1.165, 1.54) is 6.33 Å². The SMILES string of the molecule is Cc1cccc2cc(Cn3nc(-c4ccc5oc(N)nc5c4)c4c(N)ncnc43)nc(OC(C)C)c12. The van der Waals surface area contributed by atoms with Gasteiger partial charge in [0, 0.05) is 10.9 Å². The first-order valence-electron chi connectivity index (χ1n) is 11.6. The number of pyridine rings is 1. The monoisotopic (exact) mass is 480 g/mol. The highest BCUT2D eigenvalue weighted by Crippen LogP contribution is 2.33. The van der Waals surface area contributed by atoms with E-state index >= 15 is 0 Å². The minimum atomic E-state index is -0.0132. The molecule has 0 spiro atoms. The van der Waals surface area contributed by atoms with Crippen LogP contribution in [-0.4, -0.2) is 35.8 Å². The van der Waals surface area contributed by atoms with Crippen LogP contribution in [0.2, 0.25) is 0 Å². The summed E-state index contributed by atoms with van der Waals surface area (Å²) in [7, 11) is 0. The number of oxazole rings is 1. The van der Waals surface area contributed by atoms with Gasteiger partial charge < -0.3 is 20.6 Å². The van der Waals surface area contributed by atoms with E-state index in [1.54, 1.807) is 4.68 Å². The van der Waals surface area contributed by atoms with E-state index in [0.29, 0.717) is 46.1 Å². The maximum absolute atomic E-state index is 6.29. The molecule has 0 bridgehead atoms. The van der Waals surface area contributed by atoms with Crippen molar-refractivity contribution in [3.8, 4) is 17.1 Å². The molecule has 0 radical (unpaired) electrons. The van der Waals surface area contributed by atoms with Gasteiger partial charge in [-0.2, -0.15) is 10.1 Å². The topological polar surface area (TPSA) is 144 Å². The maximum Gasteiger partial charge on any atom is 0.292 e. The minimum Gasteiger partial charge on any atom is -0.474 e. The standard InChI is InChI=1S/C26H24N8O2/c1-13(2)35-25-20-14(3)5-4-6-15(20)9-17(31-25)11-34-24-21(23(27)29-12-30-24)22(33-34)16-7-8-19-18(10-16)32-26(28)36-19/h4-10,12-13H,11H2,1-3H3,(H2,28,32)(H2,27,29,30). The van der Waals surface area contributed by atoms with Gasteiger partial charge in [-0.1, -0.05) is 18.2 Å². The molecule has 10 heteroatoms. The van der Waals surface area contributed by atoms with Crippen LogP contribution in [0.3, 0.4) is 0 Å². The lowest BCUT2D eigenvalue weighted by Crippen LogP contribution is -2.10. The highest BCUT2D eigenvalue weighted by molar-refractivity contribution is 5.99. The lowest BCUT2D eigenvalue weighted by atomic mass is 10.1. The molecule has 10 nitrogen and oxygen atoms in total. The van der Waals surface area contributed by atoms with E-state index in [-0.39, 0.29) is 12.1 Å². The molecule has 0 aliphatic heterocycles. The summed E-state index contributed by atoms with van der Waals surface area (Å²) >= 11 is 0. The van der Waals surface area contributed by atoms with Gasteiger partial charge in [-0.25, -0.2) is 19.6 Å². The largest absolute Gasteiger partial charge is 0.474 e. The van der Waals surface area contributed by atoms with Crippen molar-refractivity contribution >= 4 is 44.7 Å². The molecule has 0 unspecified atom stereocenters. The zero-order chi connectivity index (χ0) is 25.0. The first-order valence-corrected chi connectivity index (χ1v) is 11.6. The average molecular weight is 481 g/mol. The van der Waals surface area contributed by atoms with Crippen molar-refractivity contribution in [2.45, 2.75) is 33.4 Å². The van der Waals surface area contributed by atoms with Gasteiger partial charge in [0.1, 0.15) is 23.4 Å². The molecule has 0 atom stereocenters. The summed E-state index contributed by atoms with van der Waals surface area (Å²) in [6, 6.07) is 13.9. The summed E-state index contributed by atoms with van der Waals surface area (Å²) in [5.74, 6) is 0.947. The predicted molar refractivity (Wildman–Crippen MR) is 138 cm³/mol. The summed E-state index contributed by atoms with van der Waals surface area (Å²) in [5, 5.41) is 7.60. The van der Waals surface area contributed by atoms with E-state index in [9.17, 15) is 0 Å². The van der Waals surface area contributed by atoms with Crippen LogP contribution in [0.25, 0.3) is 44.2 Å². The quantitative estimate of drug-likeness (QED) is 0.364. The van der Waals surface area contributed by atoms with Crippen molar-refractivity contribution in [1.29, 1.82) is 0 Å². The zero-order valence-electron chi connectivity index (χ0n) is 20.1. The Morgan fingerprint density at radius 2 is 1.89 bits per heavy atom. The molecule has 4 N–H and O–H groups in total. The van der Waals surface area contributed by atoms with Gasteiger partial charge in [0.25, 0.3) is 6.01 Å². The Hall–Kier alpha value is -4.73. The molecular weight excluding hydrogens is 456 g/mol. The zero-order valence-corrected chi connectivity index (χ0v) is 20.1. The smallest absolute Gasteiger partial charge is 0.292 e. The number of ether oxygens (including phenoxy) is 1. The third kappa shape index (κ3) is 3.63. The molecule has 0 amide bonds. The number of anilines is 2. The van der Waals surface area contributed by atoms with Crippen LogP contribution < -0.4 is 16.2 Å². The summed E-state index contributed by atoms with van der Waals surface area (Å²) in [6.45, 7) is 6.41. The van der Waals surface area contributed by atoms with Crippen LogP contribution in [0.4, 0.5) is 11.8 Å². The first kappa shape index (κ1) is 21.8. The van der Waals surface area contributed by atoms with Crippen LogP contribution in [0.15, 0.2) is 53.2 Å². The van der Waals surface area contributed by atoms with Crippen molar-refractivity contribution in [2.24, 2.45) is 0 Å². The van der Waals surface area contributed by atoms with Crippen molar-refractivity contribution in [3.63, 3.8) is 0 Å². The van der Waals surface area contributed by atoms with E-state index in [2.05, 4.69) is 40.1 Å². The Morgan fingerprint density at radius 1 is 1.03 bits per heavy atom. The molecule has 6 aromatic rings. The number of nitrogens with two attached hydrogens (primary N) is 2. The predicted octanol–water partition coefficient (Wildman–Crippen LogP) is 4.49. The van der Waals surface area contributed by atoms with Gasteiger partial charge in [0.2, 0.25) is 5.88 Å². The molecule has 0 saturated heterocycles. The van der Waals surface area contributed by atoms with Crippen LogP contribution in [0, 0.1) is 6.92 Å². The van der Waals surface area contributed by atoms with E-state index in [4.69, 9.17) is 30.7 Å². The number of aryl methyl sites for hydroxylation is 1. The number of nitrogens with zero attached hydrogens (tertiary/aromatic N) is 6. The Kier molecular flexibility index (Phi) is 4.96. The Balaban J connectivity index is 1.50. The van der Waals surface area contributed by atoms with Crippen molar-refractivity contribution in [1.82, 2.24) is 29.7 Å². The maximum atomic E-state index is 6.29. The highest BCUT2D eigenvalue weighted by atomic mass is 16.5. The van der Waals surface area contributed by atoms with Gasteiger partial charge in [0.05, 0.1) is 23.7 Å². The summed E-state index contributed by atoms with van der Waals surface area (Å²) in [4.78, 5) is 17.8. The normalized spacial score (nSPS) is 11.8. The fourth-order valence-corrected chi connectivity index (χ4v) is 4.48. The average Bonchev–Trinajstić information content (AvgIpc) is 3.38. The number of hydrogen-bond donors (Lipinski definition) is 2. The third-order valence-electron chi connectivity index (χ3n) is 5.98. The fraction of sp³-hybridized carbons (Fsp3) is 0.192. The first-order chi connectivity index (χ1) is 17.4. The number of nitrogen functional groups attached to an aromatic ring is 2. The summed E-state index contributed by atoms with van der Waals surface area (Å²) in [5.41, 5.74) is 17.2. The number of aromatic nitrogens is 6. The molecule has 0 aliphatic rings. The molecule has 6 rings (SSSR count). The molecule has 36 heavy (non-hydrogen) atoms. The van der Waals surface area contributed by atoms with E-state index in [1.807, 2.05) is 38.1 Å². The molecule has 4 aromatic heterocycles. The van der Waals surface area contributed by atoms with Crippen molar-refractivity contribution in [2.75, 3.05) is 11.5 Å². The summed E-state index contributed by atoms with van der Waals surface area (Å²) < 4.78 is 13.3.